The first-order valence-electron chi connectivity index (χ1n) is 6.11. The number of sulfone groups is 1. The van der Waals surface area contributed by atoms with Crippen LogP contribution in [0, 0.1) is 5.92 Å². The van der Waals surface area contributed by atoms with Crippen molar-refractivity contribution in [3.8, 4) is 0 Å². The van der Waals surface area contributed by atoms with Gasteiger partial charge in [-0.25, -0.2) is 8.42 Å². The van der Waals surface area contributed by atoms with Crippen LogP contribution in [0.4, 0.5) is 0 Å². The van der Waals surface area contributed by atoms with E-state index in [1.165, 1.54) is 0 Å². The molecule has 0 bridgehead atoms. The topological polar surface area (TPSA) is 83.5 Å². The van der Waals surface area contributed by atoms with E-state index < -0.39 is 21.4 Å². The molecule has 1 amide bonds. The highest BCUT2D eigenvalue weighted by molar-refractivity contribution is 7.91. The van der Waals surface area contributed by atoms with Gasteiger partial charge in [0, 0.05) is 6.54 Å². The molecule has 0 aromatic rings. The monoisotopic (exact) mass is 261 g/mol. The Bertz CT molecular complexity index is 398. The lowest BCUT2D eigenvalue weighted by Crippen LogP contribution is -2.43. The molecule has 2 rings (SSSR count). The van der Waals surface area contributed by atoms with E-state index >= 15 is 0 Å². The van der Waals surface area contributed by atoms with Crippen LogP contribution in [0.3, 0.4) is 0 Å². The van der Waals surface area contributed by atoms with Crippen molar-refractivity contribution in [2.45, 2.75) is 37.7 Å². The van der Waals surface area contributed by atoms with Gasteiger partial charge in [-0.05, 0) is 19.3 Å². The fourth-order valence-corrected chi connectivity index (χ4v) is 4.35. The summed E-state index contributed by atoms with van der Waals surface area (Å²) in [5.74, 6) is -0.594. The molecule has 0 aromatic heterocycles. The zero-order valence-electron chi connectivity index (χ0n) is 9.81. The Hall–Kier alpha value is -0.620. The molecule has 1 aliphatic heterocycles. The lowest BCUT2D eigenvalue weighted by atomic mass is 10.0. The van der Waals surface area contributed by atoms with Crippen molar-refractivity contribution in [2.75, 3.05) is 18.1 Å². The minimum absolute atomic E-state index is 0.0444. The molecule has 1 saturated carbocycles. The Labute approximate surface area is 102 Å². The van der Waals surface area contributed by atoms with Crippen LogP contribution in [-0.2, 0) is 14.6 Å². The molecule has 0 aromatic carbocycles. The Balaban J connectivity index is 1.82. The van der Waals surface area contributed by atoms with Crippen molar-refractivity contribution >= 4 is 15.7 Å². The van der Waals surface area contributed by atoms with Crippen molar-refractivity contribution in [1.29, 1.82) is 0 Å². The molecule has 0 radical (unpaired) electrons. The van der Waals surface area contributed by atoms with Crippen molar-refractivity contribution in [3.05, 3.63) is 0 Å². The molecule has 2 N–H and O–H groups in total. The van der Waals surface area contributed by atoms with E-state index in [1.807, 2.05) is 0 Å². The van der Waals surface area contributed by atoms with Gasteiger partial charge in [0.15, 0.2) is 9.84 Å². The van der Waals surface area contributed by atoms with Gasteiger partial charge in [-0.1, -0.05) is 12.8 Å². The number of nitrogens with one attached hydrogen (secondary N) is 1. The van der Waals surface area contributed by atoms with E-state index in [-0.39, 0.29) is 24.0 Å². The second-order valence-electron chi connectivity index (χ2n) is 5.25. The van der Waals surface area contributed by atoms with Gasteiger partial charge in [-0.3, -0.25) is 4.79 Å². The van der Waals surface area contributed by atoms with Gasteiger partial charge in [-0.15, -0.1) is 0 Å². The summed E-state index contributed by atoms with van der Waals surface area (Å²) in [6.45, 7) is 0.252. The molecule has 1 aliphatic carbocycles. The highest BCUT2D eigenvalue weighted by atomic mass is 32.2. The minimum atomic E-state index is -3.02. The summed E-state index contributed by atoms with van der Waals surface area (Å²) in [4.78, 5) is 11.7. The van der Waals surface area contributed by atoms with Crippen LogP contribution in [0.5, 0.6) is 0 Å². The van der Waals surface area contributed by atoms with E-state index in [9.17, 15) is 18.3 Å². The molecule has 6 heteroatoms. The number of carbonyl (C=O) groups excluding carboxylic acids is 1. The smallest absolute Gasteiger partial charge is 0.224 e. The van der Waals surface area contributed by atoms with Crippen LogP contribution in [-0.4, -0.2) is 43.1 Å². The Kier molecular flexibility index (Phi) is 3.45. The van der Waals surface area contributed by atoms with Gasteiger partial charge in [0.05, 0.1) is 23.0 Å². The van der Waals surface area contributed by atoms with Crippen LogP contribution in [0.1, 0.15) is 32.1 Å². The lowest BCUT2D eigenvalue weighted by molar-refractivity contribution is -0.125. The molecule has 98 valence electrons. The Morgan fingerprint density at radius 1 is 1.35 bits per heavy atom. The summed E-state index contributed by atoms with van der Waals surface area (Å²) in [6, 6.07) is 0. The summed E-state index contributed by atoms with van der Waals surface area (Å²) in [5, 5.41) is 12.7. The third-order valence-electron chi connectivity index (χ3n) is 3.73. The number of aliphatic hydroxyl groups is 1. The Morgan fingerprint density at radius 2 is 2.00 bits per heavy atom. The molecule has 2 fully saturated rings. The molecule has 5 nitrogen and oxygen atoms in total. The highest BCUT2D eigenvalue weighted by Gasteiger charge is 2.35. The third kappa shape index (κ3) is 3.19. The second-order valence-corrected chi connectivity index (χ2v) is 7.48. The van der Waals surface area contributed by atoms with Gasteiger partial charge in [-0.2, -0.15) is 0 Å². The van der Waals surface area contributed by atoms with Crippen LogP contribution in [0.2, 0.25) is 0 Å². The maximum atomic E-state index is 11.7. The zero-order chi connectivity index (χ0) is 12.5. The third-order valence-corrected chi connectivity index (χ3v) is 5.50. The summed E-state index contributed by atoms with van der Waals surface area (Å²) >= 11 is 0. The predicted molar refractivity (Wildman–Crippen MR) is 63.2 cm³/mol. The number of rotatable bonds is 3. The van der Waals surface area contributed by atoms with Crippen LogP contribution < -0.4 is 5.32 Å². The molecule has 1 atom stereocenters. The number of hydrogen-bond donors (Lipinski definition) is 2. The maximum Gasteiger partial charge on any atom is 0.224 e. The van der Waals surface area contributed by atoms with Gasteiger partial charge >= 0.3 is 0 Å². The SMILES string of the molecule is O=C(NCC1(O)CCCC1)C1CCS(=O)(=O)C1. The van der Waals surface area contributed by atoms with Crippen molar-refractivity contribution in [3.63, 3.8) is 0 Å². The molecular weight excluding hydrogens is 242 g/mol. The number of hydrogen-bond acceptors (Lipinski definition) is 4. The fourth-order valence-electron chi connectivity index (χ4n) is 2.61. The molecule has 17 heavy (non-hydrogen) atoms. The quantitative estimate of drug-likeness (QED) is 0.739. The van der Waals surface area contributed by atoms with E-state index in [2.05, 4.69) is 5.32 Å². The molecule has 1 heterocycles. The van der Waals surface area contributed by atoms with Gasteiger partial charge in [0.1, 0.15) is 0 Å². The molecule has 1 unspecified atom stereocenters. The van der Waals surface area contributed by atoms with Gasteiger partial charge in [0.25, 0.3) is 0 Å². The molecule has 2 aliphatic rings. The molecular formula is C11H19NO4S. The average molecular weight is 261 g/mol. The largest absolute Gasteiger partial charge is 0.388 e. The van der Waals surface area contributed by atoms with E-state index in [0.717, 1.165) is 25.7 Å². The first kappa shape index (κ1) is 12.8. The number of carbonyl (C=O) groups is 1. The van der Waals surface area contributed by atoms with Crippen molar-refractivity contribution in [1.82, 2.24) is 5.32 Å². The second kappa shape index (κ2) is 4.57. The van der Waals surface area contributed by atoms with Gasteiger partial charge < -0.3 is 10.4 Å². The van der Waals surface area contributed by atoms with E-state index in [4.69, 9.17) is 0 Å². The maximum absolute atomic E-state index is 11.7. The summed E-state index contributed by atoms with van der Waals surface area (Å²) in [7, 11) is -3.02. The summed E-state index contributed by atoms with van der Waals surface area (Å²) in [5.41, 5.74) is -0.771. The van der Waals surface area contributed by atoms with Crippen LogP contribution >= 0.6 is 0 Å². The van der Waals surface area contributed by atoms with Crippen molar-refractivity contribution in [2.24, 2.45) is 5.92 Å². The minimum Gasteiger partial charge on any atom is -0.388 e. The van der Waals surface area contributed by atoms with Crippen LogP contribution in [0.15, 0.2) is 0 Å². The fraction of sp³-hybridized carbons (Fsp3) is 0.909. The number of amides is 1. The lowest BCUT2D eigenvalue weighted by Gasteiger charge is -2.23. The average Bonchev–Trinajstić information content (AvgIpc) is 2.82. The highest BCUT2D eigenvalue weighted by Crippen LogP contribution is 2.28. The van der Waals surface area contributed by atoms with Crippen molar-refractivity contribution < 1.29 is 18.3 Å². The first-order valence-corrected chi connectivity index (χ1v) is 7.93. The first-order chi connectivity index (χ1) is 7.90. The molecule has 0 spiro atoms. The normalized spacial score (nSPS) is 30.3. The molecule has 1 saturated heterocycles. The zero-order valence-corrected chi connectivity index (χ0v) is 10.6. The van der Waals surface area contributed by atoms with E-state index in [0.29, 0.717) is 6.42 Å². The standard InChI is InChI=1S/C11H19NO4S/c13-10(9-3-6-17(15,16)7-9)12-8-11(14)4-1-2-5-11/h9,14H,1-8H2,(H,12,13). The predicted octanol–water partition coefficient (Wildman–Crippen LogP) is -0.158. The van der Waals surface area contributed by atoms with Crippen LogP contribution in [0.25, 0.3) is 0 Å². The van der Waals surface area contributed by atoms with Gasteiger partial charge in [0.2, 0.25) is 5.91 Å². The summed E-state index contributed by atoms with van der Waals surface area (Å²) < 4.78 is 22.5. The summed E-state index contributed by atoms with van der Waals surface area (Å²) in [6.07, 6.45) is 3.83. The Morgan fingerprint density at radius 3 is 2.53 bits per heavy atom. The van der Waals surface area contributed by atoms with E-state index in [1.54, 1.807) is 0 Å².